The van der Waals surface area contributed by atoms with Crippen LogP contribution >= 0.6 is 0 Å². The maximum atomic E-state index is 4.07. The van der Waals surface area contributed by atoms with E-state index in [0.29, 0.717) is 0 Å². The van der Waals surface area contributed by atoms with Gasteiger partial charge < -0.3 is 20.3 Å². The Morgan fingerprint density at radius 1 is 0.905 bits per heavy atom. The van der Waals surface area contributed by atoms with Gasteiger partial charge >= 0.3 is 50.5 Å². The fraction of sp³-hybridized carbons (Fsp3) is 0.842. The second kappa shape index (κ2) is 14.2. The maximum absolute atomic E-state index is 4.07. The van der Waals surface area contributed by atoms with Crippen LogP contribution in [0, 0.1) is 32.1 Å². The molecule has 0 radical (unpaired) electrons. The van der Waals surface area contributed by atoms with Crippen molar-refractivity contribution in [3.8, 4) is 0 Å². The Bertz CT molecular complexity index is 209. The summed E-state index contributed by atoms with van der Waals surface area (Å²) in [5, 5.41) is 0. The van der Waals surface area contributed by atoms with Gasteiger partial charge in [0.25, 0.3) is 0 Å². The van der Waals surface area contributed by atoms with Crippen molar-refractivity contribution in [3.05, 3.63) is 20.3 Å². The van der Waals surface area contributed by atoms with Gasteiger partial charge in [0.1, 0.15) is 0 Å². The summed E-state index contributed by atoms with van der Waals surface area (Å²) in [4.78, 5) is 0. The fourth-order valence-corrected chi connectivity index (χ4v) is 2.44. The van der Waals surface area contributed by atoms with E-state index in [0.717, 1.165) is 11.8 Å². The molecule has 2 unspecified atom stereocenters. The van der Waals surface area contributed by atoms with Gasteiger partial charge in [-0.2, -0.15) is 25.7 Å². The molecule has 2 fully saturated rings. The van der Waals surface area contributed by atoms with Gasteiger partial charge in [0, 0.05) is 0 Å². The Balaban J connectivity index is 0. The molecule has 1 nitrogen and oxygen atoms in total. The van der Waals surface area contributed by atoms with Gasteiger partial charge in [-0.1, -0.05) is 51.4 Å². The van der Waals surface area contributed by atoms with Crippen LogP contribution in [0.3, 0.4) is 0 Å². The minimum atomic E-state index is 0. The van der Waals surface area contributed by atoms with Gasteiger partial charge in [-0.05, 0) is 0 Å². The molecule has 2 heteroatoms. The number of rotatable bonds is 0. The third-order valence-corrected chi connectivity index (χ3v) is 5.03. The molecule has 0 spiro atoms. The zero-order valence-electron chi connectivity index (χ0n) is 15.4. The molecule has 0 aromatic carbocycles. The van der Waals surface area contributed by atoms with E-state index in [-0.39, 0.29) is 13.0 Å². The summed E-state index contributed by atoms with van der Waals surface area (Å²) in [5.74, 6) is 1.91. The minimum absolute atomic E-state index is 0. The molecule has 0 aromatic rings. The first kappa shape index (κ1) is 23.8. The van der Waals surface area contributed by atoms with Gasteiger partial charge in [0.2, 0.25) is 0 Å². The van der Waals surface area contributed by atoms with Crippen molar-refractivity contribution >= 4 is 0 Å². The van der Waals surface area contributed by atoms with E-state index < -0.39 is 0 Å². The first-order valence-electron chi connectivity index (χ1n) is 8.34. The van der Waals surface area contributed by atoms with Gasteiger partial charge in [0.15, 0.2) is 0 Å². The van der Waals surface area contributed by atoms with Crippen molar-refractivity contribution < 1.29 is 20.9 Å². The predicted octanol–water partition coefficient (Wildman–Crippen LogP) is 6.77. The predicted molar refractivity (Wildman–Crippen MR) is 92.5 cm³/mol. The number of hydrogen-bond acceptors (Lipinski definition) is 1. The molecule has 2 aliphatic carbocycles. The van der Waals surface area contributed by atoms with E-state index >= 15 is 0 Å². The molecule has 0 saturated heterocycles. The average molecular weight is 373 g/mol. The SMILES string of the molecule is CC(C)(C)[N]=[Nb].CC1C[CH-]CC(C)C1.[CH-]1CCCCC1.[CH3-]. The van der Waals surface area contributed by atoms with Crippen molar-refractivity contribution in [3.63, 3.8) is 0 Å². The second-order valence-electron chi connectivity index (χ2n) is 7.40. The zero-order valence-corrected chi connectivity index (χ0v) is 17.6. The largest absolute Gasteiger partial charge is 0.358 e. The van der Waals surface area contributed by atoms with Gasteiger partial charge in [0.05, 0.1) is 0 Å². The Hall–Kier alpha value is 0.540. The van der Waals surface area contributed by atoms with E-state index in [9.17, 15) is 0 Å². The van der Waals surface area contributed by atoms with Crippen LogP contribution in [0.2, 0.25) is 0 Å². The summed E-state index contributed by atoms with van der Waals surface area (Å²) < 4.78 is 4.07. The average Bonchev–Trinajstić information content (AvgIpc) is 2.41. The summed E-state index contributed by atoms with van der Waals surface area (Å²) in [6.45, 7) is 10.9. The van der Waals surface area contributed by atoms with E-state index in [1.807, 2.05) is 0 Å². The summed E-state index contributed by atoms with van der Waals surface area (Å²) >= 11 is 1.52. The van der Waals surface area contributed by atoms with E-state index in [2.05, 4.69) is 50.8 Å². The molecule has 2 atom stereocenters. The third-order valence-electron chi connectivity index (χ3n) is 3.56. The summed E-state index contributed by atoms with van der Waals surface area (Å²) in [6, 6.07) is 0. The molecule has 2 aliphatic rings. The Labute approximate surface area is 147 Å². The van der Waals surface area contributed by atoms with Crippen LogP contribution in [0.4, 0.5) is 0 Å². The summed E-state index contributed by atoms with van der Waals surface area (Å²) in [5.41, 5.74) is 0.189. The Morgan fingerprint density at radius 2 is 1.33 bits per heavy atom. The van der Waals surface area contributed by atoms with Gasteiger partial charge in [-0.15, -0.1) is 0 Å². The van der Waals surface area contributed by atoms with Crippen molar-refractivity contribution in [2.24, 2.45) is 15.2 Å². The van der Waals surface area contributed by atoms with Crippen LogP contribution in [-0.2, 0) is 20.9 Å². The summed E-state index contributed by atoms with van der Waals surface area (Å²) in [7, 11) is 0. The molecule has 0 bridgehead atoms. The van der Waals surface area contributed by atoms with Crippen LogP contribution in [0.25, 0.3) is 0 Å². The molecule has 2 saturated carbocycles. The fourth-order valence-electron chi connectivity index (χ4n) is 2.44. The minimum Gasteiger partial charge on any atom is -0.358 e. The Kier molecular flexibility index (Phi) is 16.0. The molecule has 2 rings (SSSR count). The molecule has 0 N–H and O–H groups in total. The molecule has 0 heterocycles. The van der Waals surface area contributed by atoms with Crippen molar-refractivity contribution in [1.82, 2.24) is 0 Å². The normalized spacial score (nSPS) is 25.1. The Morgan fingerprint density at radius 3 is 1.48 bits per heavy atom. The maximum Gasteiger partial charge on any atom is -0.0530 e. The number of hydrogen-bond donors (Lipinski definition) is 0. The second-order valence-corrected chi connectivity index (χ2v) is 7.90. The quantitative estimate of drug-likeness (QED) is 0.328. The van der Waals surface area contributed by atoms with Crippen LogP contribution in [-0.4, -0.2) is 5.54 Å². The first-order valence-corrected chi connectivity index (χ1v) is 9.33. The van der Waals surface area contributed by atoms with Crippen LogP contribution in [0.15, 0.2) is 3.34 Å². The smallest absolute Gasteiger partial charge is 0.0530 e. The molecule has 0 aromatic heterocycles. The molecular weight excluding hydrogens is 335 g/mol. The van der Waals surface area contributed by atoms with E-state index in [4.69, 9.17) is 0 Å². The van der Waals surface area contributed by atoms with Crippen LogP contribution < -0.4 is 0 Å². The first-order chi connectivity index (χ1) is 9.35. The summed E-state index contributed by atoms with van der Waals surface area (Å²) in [6.07, 6.45) is 16.1. The van der Waals surface area contributed by atoms with Crippen molar-refractivity contribution in [1.29, 1.82) is 0 Å². The van der Waals surface area contributed by atoms with Gasteiger partial charge in [-0.3, -0.25) is 0 Å². The van der Waals surface area contributed by atoms with E-state index in [1.54, 1.807) is 0 Å². The van der Waals surface area contributed by atoms with Crippen molar-refractivity contribution in [2.45, 2.75) is 91.5 Å². The van der Waals surface area contributed by atoms with Crippen LogP contribution in [0.5, 0.6) is 0 Å². The monoisotopic (exact) mass is 373 g/mol. The molecule has 0 aliphatic heterocycles. The number of nitrogens with zero attached hydrogens (tertiary/aromatic N) is 1. The van der Waals surface area contributed by atoms with Crippen molar-refractivity contribution in [2.75, 3.05) is 0 Å². The molecule has 0 amide bonds. The molecule has 21 heavy (non-hydrogen) atoms. The van der Waals surface area contributed by atoms with Gasteiger partial charge in [-0.25, -0.2) is 0 Å². The topological polar surface area (TPSA) is 12.4 Å². The van der Waals surface area contributed by atoms with Crippen LogP contribution in [0.1, 0.15) is 86.0 Å². The molecule has 127 valence electrons. The van der Waals surface area contributed by atoms with E-state index in [1.165, 1.54) is 72.3 Å². The zero-order chi connectivity index (χ0) is 15.4. The standard InChI is InChI=1S/C8H15.C6H11.C4H9N.CH3.Nb/c1-7-4-3-5-8(2)6-7;1-2-4-6-5-3-1;1-4(2,3)5;;/h3,7-8H,4-6H2,1-2H3;1H,2-6H2;1-3H3;1H3;/q2*-1;;-1;. The third kappa shape index (κ3) is 18.5. The molecular formula is C19H38NNb-3.